The van der Waals surface area contributed by atoms with Crippen molar-refractivity contribution in [1.82, 2.24) is 4.90 Å². The maximum absolute atomic E-state index is 2.85. The minimum Gasteiger partial charge on any atom is -0.300 e. The number of unbranched alkanes of at least 4 members (excludes halogenated alkanes) is 1. The second-order valence-corrected chi connectivity index (χ2v) is 9.42. The van der Waals surface area contributed by atoms with E-state index < -0.39 is 0 Å². The van der Waals surface area contributed by atoms with Crippen LogP contribution in [0.4, 0.5) is 0 Å². The molecule has 138 valence electrons. The summed E-state index contributed by atoms with van der Waals surface area (Å²) in [5.41, 5.74) is 3.67. The van der Waals surface area contributed by atoms with E-state index in [4.69, 9.17) is 0 Å². The molecule has 0 N–H and O–H groups in total. The van der Waals surface area contributed by atoms with Crippen molar-refractivity contribution in [3.8, 4) is 0 Å². The van der Waals surface area contributed by atoms with E-state index in [2.05, 4.69) is 43.0 Å². The summed E-state index contributed by atoms with van der Waals surface area (Å²) < 4.78 is 0. The molecule has 3 atom stereocenters. The van der Waals surface area contributed by atoms with Gasteiger partial charge in [0.1, 0.15) is 0 Å². The van der Waals surface area contributed by atoms with E-state index in [9.17, 15) is 0 Å². The van der Waals surface area contributed by atoms with Gasteiger partial charge in [-0.2, -0.15) is 0 Å². The number of fused-ring (bicyclic) bond motifs is 4. The van der Waals surface area contributed by atoms with Crippen LogP contribution < -0.4 is 0 Å². The maximum Gasteiger partial charge on any atom is 0.0170 e. The number of hydrogen-bond donors (Lipinski definition) is 0. The lowest BCUT2D eigenvalue weighted by atomic mass is 9.59. The van der Waals surface area contributed by atoms with Gasteiger partial charge in [-0.25, -0.2) is 0 Å². The third kappa shape index (κ3) is 3.42. The van der Waals surface area contributed by atoms with Gasteiger partial charge in [0.05, 0.1) is 0 Å². The van der Waals surface area contributed by atoms with Crippen molar-refractivity contribution in [2.75, 3.05) is 13.1 Å². The van der Waals surface area contributed by atoms with E-state index in [1.165, 1.54) is 77.3 Å². The molecule has 2 fully saturated rings. The van der Waals surface area contributed by atoms with Gasteiger partial charge >= 0.3 is 0 Å². The van der Waals surface area contributed by atoms with Crippen molar-refractivity contribution < 1.29 is 0 Å². The predicted octanol–water partition coefficient (Wildman–Crippen LogP) is 5.96. The number of benzene rings is 1. The molecule has 2 aliphatic carbocycles. The minimum absolute atomic E-state index is 0.401. The molecule has 1 aromatic carbocycles. The zero-order valence-corrected chi connectivity index (χ0v) is 16.5. The molecule has 1 saturated carbocycles. The Labute approximate surface area is 155 Å². The number of rotatable bonds is 5. The van der Waals surface area contributed by atoms with E-state index in [1.54, 1.807) is 11.1 Å². The Balaban J connectivity index is 1.34. The quantitative estimate of drug-likeness (QED) is 0.598. The number of likely N-dealkylation sites (tertiary alicyclic amines) is 1. The largest absolute Gasteiger partial charge is 0.300 e. The molecule has 0 spiro atoms. The van der Waals surface area contributed by atoms with E-state index in [1.807, 2.05) is 0 Å². The second-order valence-electron chi connectivity index (χ2n) is 9.42. The molecule has 1 nitrogen and oxygen atoms in total. The first-order chi connectivity index (χ1) is 12.2. The predicted molar refractivity (Wildman–Crippen MR) is 107 cm³/mol. The van der Waals surface area contributed by atoms with Gasteiger partial charge in [-0.15, -0.1) is 0 Å². The van der Waals surface area contributed by atoms with E-state index in [-0.39, 0.29) is 0 Å². The van der Waals surface area contributed by atoms with Crippen LogP contribution in [-0.4, -0.2) is 24.0 Å². The van der Waals surface area contributed by atoms with Crippen LogP contribution in [0.15, 0.2) is 24.3 Å². The maximum atomic E-state index is 2.85. The van der Waals surface area contributed by atoms with Crippen molar-refractivity contribution in [3.63, 3.8) is 0 Å². The van der Waals surface area contributed by atoms with Gasteiger partial charge < -0.3 is 0 Å². The Bertz CT molecular complexity index is 573. The molecule has 3 aliphatic rings. The second kappa shape index (κ2) is 7.43. The number of piperidine rings is 1. The fourth-order valence-corrected chi connectivity index (χ4v) is 6.18. The average molecular weight is 340 g/mol. The molecular weight excluding hydrogens is 302 g/mol. The SMILES string of the molecule is C[C@@H]1[C@H]2Cc3ccccc3[C@]1(C)CCN2CCCCC1CCCCC1. The number of hydrogen-bond acceptors (Lipinski definition) is 1. The highest BCUT2D eigenvalue weighted by Gasteiger charge is 2.47. The molecule has 25 heavy (non-hydrogen) atoms. The minimum atomic E-state index is 0.401. The first-order valence-electron chi connectivity index (χ1n) is 11.0. The first kappa shape index (κ1) is 17.6. The summed E-state index contributed by atoms with van der Waals surface area (Å²) >= 11 is 0. The summed E-state index contributed by atoms with van der Waals surface area (Å²) in [6.45, 7) is 7.70. The molecule has 1 aromatic rings. The number of nitrogens with zero attached hydrogens (tertiary/aromatic N) is 1. The highest BCUT2D eigenvalue weighted by atomic mass is 15.2. The third-order valence-corrected chi connectivity index (χ3v) is 8.06. The lowest BCUT2D eigenvalue weighted by Gasteiger charge is -2.54. The van der Waals surface area contributed by atoms with Crippen molar-refractivity contribution in [3.05, 3.63) is 35.4 Å². The molecule has 0 unspecified atom stereocenters. The molecule has 1 heterocycles. The third-order valence-electron chi connectivity index (χ3n) is 8.06. The molecule has 0 amide bonds. The van der Waals surface area contributed by atoms with Crippen molar-refractivity contribution in [2.45, 2.75) is 89.5 Å². The molecule has 0 aromatic heterocycles. The Kier molecular flexibility index (Phi) is 5.23. The van der Waals surface area contributed by atoms with E-state index >= 15 is 0 Å². The fraction of sp³-hybridized carbons (Fsp3) is 0.750. The standard InChI is InChI=1S/C24H37N/c1-19-23-18-21-13-6-7-14-22(21)24(19,2)15-17-25(23)16-9-8-12-20-10-4-3-5-11-20/h6-7,13-14,19-20,23H,3-5,8-12,15-18H2,1-2H3/t19-,23-,24-/m1/s1. The van der Waals surface area contributed by atoms with Gasteiger partial charge in [0.15, 0.2) is 0 Å². The van der Waals surface area contributed by atoms with Crippen LogP contribution in [0.25, 0.3) is 0 Å². The first-order valence-corrected chi connectivity index (χ1v) is 11.0. The Morgan fingerprint density at radius 3 is 2.72 bits per heavy atom. The van der Waals surface area contributed by atoms with Crippen molar-refractivity contribution >= 4 is 0 Å². The summed E-state index contributed by atoms with van der Waals surface area (Å²) in [7, 11) is 0. The lowest BCUT2D eigenvalue weighted by Crippen LogP contribution is -2.58. The van der Waals surface area contributed by atoms with Gasteiger partial charge in [-0.1, -0.05) is 83.1 Å². The summed E-state index contributed by atoms with van der Waals surface area (Å²) in [6, 6.07) is 10.0. The zero-order valence-electron chi connectivity index (χ0n) is 16.5. The van der Waals surface area contributed by atoms with Crippen LogP contribution in [0.1, 0.15) is 82.8 Å². The monoisotopic (exact) mass is 339 g/mol. The summed E-state index contributed by atoms with van der Waals surface area (Å²) in [4.78, 5) is 2.85. The molecule has 0 radical (unpaired) electrons. The highest BCUT2D eigenvalue weighted by Crippen LogP contribution is 2.48. The molecule has 2 bridgehead atoms. The Hall–Kier alpha value is -0.820. The molecular formula is C24H37N. The van der Waals surface area contributed by atoms with Crippen LogP contribution in [0, 0.1) is 11.8 Å². The topological polar surface area (TPSA) is 3.24 Å². The summed E-state index contributed by atoms with van der Waals surface area (Å²) in [6.07, 6.45) is 14.5. The van der Waals surface area contributed by atoms with Crippen molar-refractivity contribution in [2.24, 2.45) is 11.8 Å². The van der Waals surface area contributed by atoms with Crippen molar-refractivity contribution in [1.29, 1.82) is 0 Å². The Morgan fingerprint density at radius 1 is 1.08 bits per heavy atom. The van der Waals surface area contributed by atoms with Crippen LogP contribution in [0.5, 0.6) is 0 Å². The van der Waals surface area contributed by atoms with E-state index in [0.717, 1.165) is 17.9 Å². The summed E-state index contributed by atoms with van der Waals surface area (Å²) in [5, 5.41) is 0. The Morgan fingerprint density at radius 2 is 1.88 bits per heavy atom. The summed E-state index contributed by atoms with van der Waals surface area (Å²) in [5.74, 6) is 1.84. The van der Waals surface area contributed by atoms with Crippen LogP contribution in [0.3, 0.4) is 0 Å². The van der Waals surface area contributed by atoms with Gasteiger partial charge in [-0.05, 0) is 60.7 Å². The van der Waals surface area contributed by atoms with Gasteiger partial charge in [0.25, 0.3) is 0 Å². The molecule has 1 heteroatoms. The van der Waals surface area contributed by atoms with Gasteiger partial charge in [0, 0.05) is 6.04 Å². The van der Waals surface area contributed by atoms with Crippen LogP contribution in [0.2, 0.25) is 0 Å². The van der Waals surface area contributed by atoms with Gasteiger partial charge in [0.2, 0.25) is 0 Å². The highest BCUT2D eigenvalue weighted by molar-refractivity contribution is 5.39. The van der Waals surface area contributed by atoms with Crippen LogP contribution in [-0.2, 0) is 11.8 Å². The van der Waals surface area contributed by atoms with Crippen LogP contribution >= 0.6 is 0 Å². The lowest BCUT2D eigenvalue weighted by molar-refractivity contribution is 0.0301. The average Bonchev–Trinajstić information content (AvgIpc) is 2.64. The smallest absolute Gasteiger partial charge is 0.0170 e. The molecule has 1 saturated heterocycles. The van der Waals surface area contributed by atoms with E-state index in [0.29, 0.717) is 5.41 Å². The normalized spacial score (nSPS) is 33.2. The molecule has 4 rings (SSSR count). The fourth-order valence-electron chi connectivity index (χ4n) is 6.18. The zero-order chi connectivity index (χ0) is 17.3. The molecule has 1 aliphatic heterocycles. The van der Waals surface area contributed by atoms with Gasteiger partial charge in [-0.3, -0.25) is 4.90 Å².